The predicted octanol–water partition coefficient (Wildman–Crippen LogP) is 1.55. The molecule has 0 aliphatic carbocycles. The molecule has 0 unspecified atom stereocenters. The number of amides is 1. The number of anilines is 1. The molecule has 2 aromatic heterocycles. The molecule has 4 rings (SSSR count). The highest BCUT2D eigenvalue weighted by atomic mass is 16.5. The SMILES string of the molecule is CCc1noc2nc(CCC(=O)NCCN3CCOCC3)nc(N3CCCCC3)c12. The van der Waals surface area contributed by atoms with Crippen molar-refractivity contribution in [2.24, 2.45) is 0 Å². The van der Waals surface area contributed by atoms with Crippen molar-refractivity contribution in [3.05, 3.63) is 11.5 Å². The molecule has 30 heavy (non-hydrogen) atoms. The van der Waals surface area contributed by atoms with E-state index in [-0.39, 0.29) is 5.91 Å². The van der Waals surface area contributed by atoms with Crippen molar-refractivity contribution < 1.29 is 14.1 Å². The van der Waals surface area contributed by atoms with Crippen molar-refractivity contribution in [2.75, 3.05) is 57.4 Å². The summed E-state index contributed by atoms with van der Waals surface area (Å²) in [6.07, 6.45) is 5.22. The first-order valence-electron chi connectivity index (χ1n) is 11.2. The number of nitrogens with zero attached hydrogens (tertiary/aromatic N) is 5. The number of aryl methyl sites for hydroxylation is 2. The summed E-state index contributed by atoms with van der Waals surface area (Å²) < 4.78 is 10.9. The standard InChI is InChI=1S/C21H32N6O3/c1-2-16-19-20(27-9-4-3-5-10-27)23-17(24-21(19)30-25-16)6-7-18(28)22-8-11-26-12-14-29-15-13-26/h2-15H2,1H3,(H,22,28). The maximum absolute atomic E-state index is 12.3. The molecule has 1 amide bonds. The smallest absolute Gasteiger partial charge is 0.263 e. The first kappa shape index (κ1) is 21.0. The lowest BCUT2D eigenvalue weighted by Crippen LogP contribution is -2.41. The molecule has 164 valence electrons. The molecule has 0 saturated carbocycles. The molecule has 9 heteroatoms. The van der Waals surface area contributed by atoms with Gasteiger partial charge in [-0.3, -0.25) is 9.69 Å². The molecule has 2 saturated heterocycles. The minimum atomic E-state index is 0.0262. The third-order valence-electron chi connectivity index (χ3n) is 5.85. The number of rotatable bonds is 8. The third-order valence-corrected chi connectivity index (χ3v) is 5.85. The van der Waals surface area contributed by atoms with Crippen LogP contribution >= 0.6 is 0 Å². The quantitative estimate of drug-likeness (QED) is 0.692. The van der Waals surface area contributed by atoms with E-state index >= 15 is 0 Å². The van der Waals surface area contributed by atoms with Gasteiger partial charge in [0.05, 0.1) is 18.9 Å². The highest BCUT2D eigenvalue weighted by Crippen LogP contribution is 2.29. The molecule has 4 heterocycles. The summed E-state index contributed by atoms with van der Waals surface area (Å²) in [5.41, 5.74) is 1.43. The van der Waals surface area contributed by atoms with Crippen LogP contribution in [0, 0.1) is 0 Å². The number of nitrogens with one attached hydrogen (secondary N) is 1. The number of piperidine rings is 1. The summed E-state index contributed by atoms with van der Waals surface area (Å²) >= 11 is 0. The van der Waals surface area contributed by atoms with Crippen molar-refractivity contribution in [3.63, 3.8) is 0 Å². The number of carbonyl (C=O) groups excluding carboxylic acids is 1. The van der Waals surface area contributed by atoms with Crippen LogP contribution in [-0.2, 0) is 22.4 Å². The van der Waals surface area contributed by atoms with Gasteiger partial charge in [0.1, 0.15) is 17.0 Å². The monoisotopic (exact) mass is 416 g/mol. The minimum absolute atomic E-state index is 0.0262. The van der Waals surface area contributed by atoms with E-state index in [0.29, 0.717) is 30.9 Å². The van der Waals surface area contributed by atoms with Gasteiger partial charge in [-0.1, -0.05) is 12.1 Å². The van der Waals surface area contributed by atoms with Crippen molar-refractivity contribution in [1.82, 2.24) is 25.3 Å². The van der Waals surface area contributed by atoms with Crippen molar-refractivity contribution in [1.29, 1.82) is 0 Å². The summed E-state index contributed by atoms with van der Waals surface area (Å²) in [7, 11) is 0. The summed E-state index contributed by atoms with van der Waals surface area (Å²) in [5.74, 6) is 1.59. The normalized spacial score (nSPS) is 18.1. The van der Waals surface area contributed by atoms with Crippen molar-refractivity contribution in [3.8, 4) is 0 Å². The molecule has 0 aromatic carbocycles. The Morgan fingerprint density at radius 3 is 2.67 bits per heavy atom. The molecule has 0 spiro atoms. The zero-order valence-corrected chi connectivity index (χ0v) is 17.9. The van der Waals surface area contributed by atoms with Gasteiger partial charge < -0.3 is 19.5 Å². The Kier molecular flexibility index (Phi) is 7.11. The zero-order valence-electron chi connectivity index (χ0n) is 17.9. The van der Waals surface area contributed by atoms with Crippen LogP contribution in [0.25, 0.3) is 11.1 Å². The number of carbonyl (C=O) groups is 1. The molecular formula is C21H32N6O3. The van der Waals surface area contributed by atoms with Crippen molar-refractivity contribution in [2.45, 2.75) is 45.4 Å². The molecule has 2 fully saturated rings. The topological polar surface area (TPSA) is 96.6 Å². The molecule has 0 atom stereocenters. The lowest BCUT2D eigenvalue weighted by molar-refractivity contribution is -0.121. The second-order valence-electron chi connectivity index (χ2n) is 7.98. The van der Waals surface area contributed by atoms with E-state index in [9.17, 15) is 4.79 Å². The van der Waals surface area contributed by atoms with Gasteiger partial charge in [-0.2, -0.15) is 4.98 Å². The fraction of sp³-hybridized carbons (Fsp3) is 0.714. The third kappa shape index (κ3) is 5.07. The van der Waals surface area contributed by atoms with Gasteiger partial charge in [0.15, 0.2) is 0 Å². The average molecular weight is 417 g/mol. The largest absolute Gasteiger partial charge is 0.379 e. The van der Waals surface area contributed by atoms with Crippen LogP contribution in [0.4, 0.5) is 5.82 Å². The van der Waals surface area contributed by atoms with E-state index in [0.717, 1.165) is 69.3 Å². The Labute approximate surface area is 177 Å². The van der Waals surface area contributed by atoms with E-state index < -0.39 is 0 Å². The maximum atomic E-state index is 12.3. The van der Waals surface area contributed by atoms with Crippen LogP contribution in [-0.4, -0.2) is 78.4 Å². The van der Waals surface area contributed by atoms with E-state index in [4.69, 9.17) is 14.2 Å². The molecular weight excluding hydrogens is 384 g/mol. The minimum Gasteiger partial charge on any atom is -0.379 e. The van der Waals surface area contributed by atoms with Crippen LogP contribution in [0.1, 0.15) is 44.1 Å². The number of morpholine rings is 1. The lowest BCUT2D eigenvalue weighted by atomic mass is 10.1. The number of hydrogen-bond acceptors (Lipinski definition) is 8. The Bertz CT molecular complexity index is 843. The number of hydrogen-bond donors (Lipinski definition) is 1. The molecule has 0 bridgehead atoms. The van der Waals surface area contributed by atoms with Crippen LogP contribution < -0.4 is 10.2 Å². The number of ether oxygens (including phenoxy) is 1. The first-order valence-corrected chi connectivity index (χ1v) is 11.2. The maximum Gasteiger partial charge on any atom is 0.263 e. The van der Waals surface area contributed by atoms with Gasteiger partial charge in [-0.25, -0.2) is 4.98 Å². The number of aromatic nitrogens is 3. The summed E-state index contributed by atoms with van der Waals surface area (Å²) in [4.78, 5) is 26.3. The summed E-state index contributed by atoms with van der Waals surface area (Å²) in [6.45, 7) is 8.95. The van der Waals surface area contributed by atoms with Gasteiger partial charge in [-0.05, 0) is 25.7 Å². The number of fused-ring (bicyclic) bond motifs is 1. The van der Waals surface area contributed by atoms with Gasteiger partial charge in [0.25, 0.3) is 5.71 Å². The van der Waals surface area contributed by atoms with E-state index in [2.05, 4.69) is 32.2 Å². The lowest BCUT2D eigenvalue weighted by Gasteiger charge is -2.28. The van der Waals surface area contributed by atoms with Gasteiger partial charge in [0, 0.05) is 52.1 Å². The molecule has 2 aromatic rings. The fourth-order valence-electron chi connectivity index (χ4n) is 4.11. The average Bonchev–Trinajstić information content (AvgIpc) is 3.21. The highest BCUT2D eigenvalue weighted by Gasteiger charge is 2.22. The Balaban J connectivity index is 1.38. The summed E-state index contributed by atoms with van der Waals surface area (Å²) in [6, 6.07) is 0. The predicted molar refractivity (Wildman–Crippen MR) is 114 cm³/mol. The van der Waals surface area contributed by atoms with Crippen LogP contribution in [0.15, 0.2) is 4.52 Å². The second kappa shape index (κ2) is 10.2. The Morgan fingerprint density at radius 2 is 1.90 bits per heavy atom. The van der Waals surface area contributed by atoms with Crippen LogP contribution in [0.3, 0.4) is 0 Å². The molecule has 0 radical (unpaired) electrons. The second-order valence-corrected chi connectivity index (χ2v) is 7.98. The van der Waals surface area contributed by atoms with Crippen LogP contribution in [0.5, 0.6) is 0 Å². The highest BCUT2D eigenvalue weighted by molar-refractivity contribution is 5.88. The fourth-order valence-corrected chi connectivity index (χ4v) is 4.11. The van der Waals surface area contributed by atoms with Crippen molar-refractivity contribution >= 4 is 22.8 Å². The van der Waals surface area contributed by atoms with Gasteiger partial charge >= 0.3 is 0 Å². The summed E-state index contributed by atoms with van der Waals surface area (Å²) in [5, 5.41) is 8.13. The molecule has 2 aliphatic heterocycles. The van der Waals surface area contributed by atoms with E-state index in [1.165, 1.54) is 19.3 Å². The first-order chi connectivity index (χ1) is 14.7. The van der Waals surface area contributed by atoms with Gasteiger partial charge in [-0.15, -0.1) is 0 Å². The van der Waals surface area contributed by atoms with E-state index in [1.807, 2.05) is 0 Å². The van der Waals surface area contributed by atoms with Crippen LogP contribution in [0.2, 0.25) is 0 Å². The van der Waals surface area contributed by atoms with Gasteiger partial charge in [0.2, 0.25) is 5.91 Å². The van der Waals surface area contributed by atoms with E-state index in [1.54, 1.807) is 0 Å². The Hall–Kier alpha value is -2.26. The zero-order chi connectivity index (χ0) is 20.8. The molecule has 1 N–H and O–H groups in total. The molecule has 9 nitrogen and oxygen atoms in total. The molecule has 2 aliphatic rings. The Morgan fingerprint density at radius 1 is 1.10 bits per heavy atom.